The van der Waals surface area contributed by atoms with Gasteiger partial charge in [0.25, 0.3) is 5.91 Å². The van der Waals surface area contributed by atoms with Crippen molar-refractivity contribution in [3.63, 3.8) is 0 Å². The van der Waals surface area contributed by atoms with E-state index in [0.717, 1.165) is 5.56 Å². The molecule has 7 nitrogen and oxygen atoms in total. The average molecular weight is 292 g/mol. The molecule has 0 bridgehead atoms. The molecule has 4 N–H and O–H groups in total. The van der Waals surface area contributed by atoms with Crippen molar-refractivity contribution in [2.45, 2.75) is 32.0 Å². The molecule has 21 heavy (non-hydrogen) atoms. The third-order valence-electron chi connectivity index (χ3n) is 3.37. The summed E-state index contributed by atoms with van der Waals surface area (Å²) in [6, 6.07) is 4.73. The van der Waals surface area contributed by atoms with Crippen LogP contribution in [-0.4, -0.2) is 35.1 Å². The zero-order valence-electron chi connectivity index (χ0n) is 11.5. The summed E-state index contributed by atoms with van der Waals surface area (Å²) in [7, 11) is 0. The smallest absolute Gasteiger partial charge is 0.332 e. The van der Waals surface area contributed by atoms with Crippen molar-refractivity contribution in [1.82, 2.24) is 0 Å². The molecule has 0 aromatic heterocycles. The number of rotatable bonds is 4. The van der Waals surface area contributed by atoms with Crippen LogP contribution in [0.25, 0.3) is 0 Å². The molecule has 0 aliphatic carbocycles. The Morgan fingerprint density at radius 1 is 1.29 bits per heavy atom. The number of nitrogens with one attached hydrogen (secondary N) is 1. The Morgan fingerprint density at radius 2 is 1.95 bits per heavy atom. The van der Waals surface area contributed by atoms with Crippen molar-refractivity contribution in [2.24, 2.45) is 5.73 Å². The van der Waals surface area contributed by atoms with Crippen molar-refractivity contribution >= 4 is 23.5 Å². The highest BCUT2D eigenvalue weighted by atomic mass is 16.5. The van der Waals surface area contributed by atoms with E-state index in [2.05, 4.69) is 5.32 Å². The van der Waals surface area contributed by atoms with Crippen molar-refractivity contribution in [3.8, 4) is 0 Å². The minimum absolute atomic E-state index is 0.284. The van der Waals surface area contributed by atoms with E-state index in [-0.39, 0.29) is 5.56 Å². The standard InChI is InChI=1S/C14H16N2O5/c1-7-2-3-8(12(15)17)6-9(7)16-13(18)10-4-5-11(21-10)14(19)20/h2-3,6,10-11H,4-5H2,1H3,(H2,15,17)(H,16,18)(H,19,20)/t10-,11+/m0/s1. The maximum atomic E-state index is 12.1. The molecule has 1 aliphatic rings. The summed E-state index contributed by atoms with van der Waals surface area (Å²) < 4.78 is 5.17. The fourth-order valence-electron chi connectivity index (χ4n) is 2.13. The van der Waals surface area contributed by atoms with Crippen LogP contribution in [0.3, 0.4) is 0 Å². The molecule has 0 unspecified atom stereocenters. The fourth-order valence-corrected chi connectivity index (χ4v) is 2.13. The van der Waals surface area contributed by atoms with Crippen LogP contribution in [-0.2, 0) is 14.3 Å². The molecule has 0 spiro atoms. The summed E-state index contributed by atoms with van der Waals surface area (Å²) in [5.41, 5.74) is 6.70. The van der Waals surface area contributed by atoms with E-state index in [1.165, 1.54) is 6.07 Å². The summed E-state index contributed by atoms with van der Waals surface area (Å²) in [5, 5.41) is 11.5. The van der Waals surface area contributed by atoms with E-state index in [1.54, 1.807) is 19.1 Å². The van der Waals surface area contributed by atoms with E-state index in [1.807, 2.05) is 0 Å². The van der Waals surface area contributed by atoms with E-state index in [0.29, 0.717) is 18.5 Å². The number of amides is 2. The number of hydrogen-bond acceptors (Lipinski definition) is 4. The van der Waals surface area contributed by atoms with Gasteiger partial charge in [-0.05, 0) is 37.5 Å². The van der Waals surface area contributed by atoms with Gasteiger partial charge in [-0.25, -0.2) is 4.79 Å². The second-order valence-corrected chi connectivity index (χ2v) is 4.91. The molecule has 1 fully saturated rings. The summed E-state index contributed by atoms with van der Waals surface area (Å²) in [6.07, 6.45) is -1.10. The first-order valence-corrected chi connectivity index (χ1v) is 6.48. The second-order valence-electron chi connectivity index (χ2n) is 4.91. The first-order chi connectivity index (χ1) is 9.88. The largest absolute Gasteiger partial charge is 0.479 e. The van der Waals surface area contributed by atoms with Gasteiger partial charge in [-0.2, -0.15) is 0 Å². The third-order valence-corrected chi connectivity index (χ3v) is 3.37. The van der Waals surface area contributed by atoms with E-state index in [9.17, 15) is 14.4 Å². The first-order valence-electron chi connectivity index (χ1n) is 6.48. The molecule has 0 radical (unpaired) electrons. The summed E-state index contributed by atoms with van der Waals surface area (Å²) in [6.45, 7) is 1.77. The van der Waals surface area contributed by atoms with Crippen LogP contribution in [0, 0.1) is 6.92 Å². The molecule has 1 saturated heterocycles. The average Bonchev–Trinajstić information content (AvgIpc) is 2.90. The Balaban J connectivity index is 2.08. The quantitative estimate of drug-likeness (QED) is 0.753. The van der Waals surface area contributed by atoms with Gasteiger partial charge in [-0.3, -0.25) is 9.59 Å². The van der Waals surface area contributed by atoms with Gasteiger partial charge in [-0.15, -0.1) is 0 Å². The van der Waals surface area contributed by atoms with Gasteiger partial charge in [0.1, 0.15) is 6.10 Å². The zero-order chi connectivity index (χ0) is 15.6. The predicted molar refractivity (Wildman–Crippen MR) is 73.9 cm³/mol. The number of aliphatic carboxylic acids is 1. The highest BCUT2D eigenvalue weighted by Crippen LogP contribution is 2.23. The Bertz CT molecular complexity index is 599. The molecule has 0 saturated carbocycles. The van der Waals surface area contributed by atoms with Gasteiger partial charge >= 0.3 is 5.97 Å². The number of anilines is 1. The van der Waals surface area contributed by atoms with Gasteiger partial charge in [0, 0.05) is 11.3 Å². The van der Waals surface area contributed by atoms with Crippen molar-refractivity contribution in [3.05, 3.63) is 29.3 Å². The van der Waals surface area contributed by atoms with Gasteiger partial charge in [0.15, 0.2) is 6.10 Å². The number of carbonyl (C=O) groups is 3. The molecule has 2 amide bonds. The molecule has 1 aromatic rings. The first kappa shape index (κ1) is 15.0. The lowest BCUT2D eigenvalue weighted by molar-refractivity contribution is -0.150. The number of hydrogen-bond donors (Lipinski definition) is 3. The number of carboxylic acid groups (broad SMARTS) is 1. The fraction of sp³-hybridized carbons (Fsp3) is 0.357. The minimum atomic E-state index is -1.07. The van der Waals surface area contributed by atoms with Crippen LogP contribution in [0.1, 0.15) is 28.8 Å². The Hall–Kier alpha value is -2.41. The summed E-state index contributed by atoms with van der Waals surface area (Å²) in [5.74, 6) is -2.09. The van der Waals surface area contributed by atoms with E-state index < -0.39 is 30.0 Å². The molecule has 1 aromatic carbocycles. The number of primary amides is 1. The highest BCUT2D eigenvalue weighted by Gasteiger charge is 2.34. The van der Waals surface area contributed by atoms with Crippen LogP contribution < -0.4 is 11.1 Å². The topological polar surface area (TPSA) is 119 Å². The molecule has 2 rings (SSSR count). The Labute approximate surface area is 121 Å². The molecule has 7 heteroatoms. The summed E-state index contributed by atoms with van der Waals surface area (Å²) >= 11 is 0. The lowest BCUT2D eigenvalue weighted by Gasteiger charge is -2.14. The SMILES string of the molecule is Cc1ccc(C(N)=O)cc1NC(=O)[C@@H]1CC[C@H](C(=O)O)O1. The second kappa shape index (κ2) is 5.92. The molecular weight excluding hydrogens is 276 g/mol. The molecular formula is C14H16N2O5. The van der Waals surface area contributed by atoms with Crippen LogP contribution >= 0.6 is 0 Å². The number of benzene rings is 1. The Morgan fingerprint density at radius 3 is 2.52 bits per heavy atom. The van der Waals surface area contributed by atoms with Gasteiger partial charge < -0.3 is 20.9 Å². The van der Waals surface area contributed by atoms with Gasteiger partial charge in [-0.1, -0.05) is 6.07 Å². The summed E-state index contributed by atoms with van der Waals surface area (Å²) in [4.78, 5) is 34.0. The van der Waals surface area contributed by atoms with Crippen molar-refractivity contribution < 1.29 is 24.2 Å². The van der Waals surface area contributed by atoms with E-state index in [4.69, 9.17) is 15.6 Å². The minimum Gasteiger partial charge on any atom is -0.479 e. The zero-order valence-corrected chi connectivity index (χ0v) is 11.5. The maximum Gasteiger partial charge on any atom is 0.332 e. The lowest BCUT2D eigenvalue weighted by Crippen LogP contribution is -2.30. The Kier molecular flexibility index (Phi) is 4.23. The number of ether oxygens (including phenoxy) is 1. The van der Waals surface area contributed by atoms with Gasteiger partial charge in [0.2, 0.25) is 5.91 Å². The maximum absolute atomic E-state index is 12.1. The van der Waals surface area contributed by atoms with Crippen LogP contribution in [0.4, 0.5) is 5.69 Å². The number of carbonyl (C=O) groups excluding carboxylic acids is 2. The van der Waals surface area contributed by atoms with Crippen molar-refractivity contribution in [2.75, 3.05) is 5.32 Å². The van der Waals surface area contributed by atoms with Crippen molar-refractivity contribution in [1.29, 1.82) is 0 Å². The molecule has 1 heterocycles. The third kappa shape index (κ3) is 3.38. The van der Waals surface area contributed by atoms with Crippen LogP contribution in [0.15, 0.2) is 18.2 Å². The van der Waals surface area contributed by atoms with Crippen LogP contribution in [0.5, 0.6) is 0 Å². The lowest BCUT2D eigenvalue weighted by atomic mass is 10.1. The molecule has 112 valence electrons. The van der Waals surface area contributed by atoms with Crippen LogP contribution in [0.2, 0.25) is 0 Å². The number of carboxylic acids is 1. The van der Waals surface area contributed by atoms with E-state index >= 15 is 0 Å². The number of aryl methyl sites for hydroxylation is 1. The highest BCUT2D eigenvalue weighted by molar-refractivity contribution is 5.98. The predicted octanol–water partition coefficient (Wildman–Crippen LogP) is 0.665. The normalized spacial score (nSPS) is 21.0. The van der Waals surface area contributed by atoms with Gasteiger partial charge in [0.05, 0.1) is 0 Å². The molecule has 2 atom stereocenters. The molecule has 1 aliphatic heterocycles. The number of nitrogens with two attached hydrogens (primary N) is 1. The monoisotopic (exact) mass is 292 g/mol.